The third-order valence-electron chi connectivity index (χ3n) is 4.14. The van der Waals surface area contributed by atoms with Crippen molar-refractivity contribution in [3.63, 3.8) is 0 Å². The van der Waals surface area contributed by atoms with E-state index < -0.39 is 10.0 Å². The van der Waals surface area contributed by atoms with E-state index in [0.29, 0.717) is 19.0 Å². The first kappa shape index (κ1) is 22.7. The summed E-state index contributed by atoms with van der Waals surface area (Å²) in [5, 5.41) is 6.50. The van der Waals surface area contributed by atoms with E-state index in [1.165, 1.54) is 0 Å². The van der Waals surface area contributed by atoms with Crippen LogP contribution in [0, 0.1) is 0 Å². The molecule has 3 N–H and O–H groups in total. The zero-order valence-corrected chi connectivity index (χ0v) is 18.2. The van der Waals surface area contributed by atoms with Gasteiger partial charge in [0.05, 0.1) is 12.9 Å². The summed E-state index contributed by atoms with van der Waals surface area (Å²) >= 11 is 0. The highest BCUT2D eigenvalue weighted by Gasteiger charge is 2.15. The summed E-state index contributed by atoms with van der Waals surface area (Å²) < 4.78 is 32.4. The summed E-state index contributed by atoms with van der Waals surface area (Å²) in [6, 6.07) is 15.2. The van der Waals surface area contributed by atoms with Crippen LogP contribution >= 0.6 is 0 Å². The highest BCUT2D eigenvalue weighted by atomic mass is 32.2. The van der Waals surface area contributed by atoms with Gasteiger partial charge in [-0.15, -0.1) is 0 Å². The molecule has 2 rings (SSSR count). The Labute approximate surface area is 173 Å². The molecule has 0 bridgehead atoms. The Morgan fingerprint density at radius 3 is 2.38 bits per heavy atom. The number of methoxy groups -OCH3 is 1. The number of aliphatic imine (C=N–C) groups is 1. The largest absolute Gasteiger partial charge is 0.497 e. The lowest BCUT2D eigenvalue weighted by Gasteiger charge is -2.15. The van der Waals surface area contributed by atoms with Crippen LogP contribution in [-0.4, -0.2) is 34.6 Å². The summed E-state index contributed by atoms with van der Waals surface area (Å²) in [6.07, 6.45) is 0. The number of sulfonamides is 1. The molecule has 0 unspecified atom stereocenters. The van der Waals surface area contributed by atoms with Crippen LogP contribution in [0.1, 0.15) is 30.5 Å². The van der Waals surface area contributed by atoms with Crippen molar-refractivity contribution in [2.24, 2.45) is 4.99 Å². The van der Waals surface area contributed by atoms with Crippen LogP contribution in [0.15, 0.2) is 53.5 Å². The van der Waals surface area contributed by atoms with Crippen LogP contribution in [0.4, 0.5) is 0 Å². The normalized spacial score (nSPS) is 12.1. The summed E-state index contributed by atoms with van der Waals surface area (Å²) in [4.78, 5) is 4.24. The Kier molecular flexibility index (Phi) is 8.48. The fourth-order valence-corrected chi connectivity index (χ4v) is 4.34. The van der Waals surface area contributed by atoms with Gasteiger partial charge in [-0.1, -0.05) is 36.4 Å². The summed E-state index contributed by atoms with van der Waals surface area (Å²) in [6.45, 7) is 4.67. The van der Waals surface area contributed by atoms with Gasteiger partial charge in [0.15, 0.2) is 5.96 Å². The Hall–Kier alpha value is -2.58. The minimum Gasteiger partial charge on any atom is -0.497 e. The molecule has 0 aliphatic carbocycles. The first-order chi connectivity index (χ1) is 13.8. The molecule has 0 atom stereocenters. The summed E-state index contributed by atoms with van der Waals surface area (Å²) in [7, 11) is -0.0504. The monoisotopic (exact) mass is 418 g/mol. The number of hydrogen-bond acceptors (Lipinski definition) is 4. The summed E-state index contributed by atoms with van der Waals surface area (Å²) in [5.41, 5.74) is 2.74. The van der Waals surface area contributed by atoms with E-state index in [1.54, 1.807) is 14.2 Å². The van der Waals surface area contributed by atoms with Crippen molar-refractivity contribution in [2.75, 3.05) is 14.2 Å². The van der Waals surface area contributed by atoms with Crippen LogP contribution in [0.5, 0.6) is 5.75 Å². The van der Waals surface area contributed by atoms with Gasteiger partial charge in [0.2, 0.25) is 10.0 Å². The van der Waals surface area contributed by atoms with Crippen LogP contribution in [0.25, 0.3) is 0 Å². The maximum absolute atomic E-state index is 12.3. The number of guanidine groups is 1. The molecule has 0 aromatic heterocycles. The lowest BCUT2D eigenvalue weighted by atomic mass is 10.1. The molecule has 0 heterocycles. The van der Waals surface area contributed by atoms with Gasteiger partial charge in [0, 0.05) is 26.2 Å². The Bertz CT molecular complexity index is 927. The fourth-order valence-electron chi connectivity index (χ4n) is 2.84. The molecular weight excluding hydrogens is 388 g/mol. The van der Waals surface area contributed by atoms with Crippen LogP contribution in [0.2, 0.25) is 0 Å². The zero-order chi connectivity index (χ0) is 21.3. The molecule has 29 heavy (non-hydrogen) atoms. The van der Waals surface area contributed by atoms with E-state index in [2.05, 4.69) is 20.3 Å². The lowest BCUT2D eigenvalue weighted by molar-refractivity contribution is 0.414. The van der Waals surface area contributed by atoms with Crippen molar-refractivity contribution in [3.05, 3.63) is 65.2 Å². The third-order valence-corrected chi connectivity index (χ3v) is 5.66. The summed E-state index contributed by atoms with van der Waals surface area (Å²) in [5.74, 6) is 1.38. The molecule has 0 aliphatic rings. The quantitative estimate of drug-likeness (QED) is 0.430. The first-order valence-corrected chi connectivity index (χ1v) is 11.1. The standard InChI is InChI=1S/C21H30N4O3S/c1-16(2)25-29(26,27)15-19-10-6-5-9-18(19)14-24-21(22-3)23-13-17-8-7-11-20(12-17)28-4/h5-12,16,25H,13-15H2,1-4H3,(H2,22,23,24). The van der Waals surface area contributed by atoms with Crippen molar-refractivity contribution in [2.45, 2.75) is 38.7 Å². The Morgan fingerprint density at radius 1 is 1.03 bits per heavy atom. The number of benzene rings is 2. The van der Waals surface area contributed by atoms with E-state index >= 15 is 0 Å². The predicted molar refractivity (Wildman–Crippen MR) is 117 cm³/mol. The second-order valence-corrected chi connectivity index (χ2v) is 8.69. The molecule has 0 spiro atoms. The van der Waals surface area contributed by atoms with Gasteiger partial charge < -0.3 is 15.4 Å². The van der Waals surface area contributed by atoms with Gasteiger partial charge in [-0.05, 0) is 42.7 Å². The van der Waals surface area contributed by atoms with Gasteiger partial charge in [0.1, 0.15) is 5.75 Å². The average Bonchev–Trinajstić information content (AvgIpc) is 2.68. The van der Waals surface area contributed by atoms with Gasteiger partial charge in [-0.2, -0.15) is 0 Å². The maximum Gasteiger partial charge on any atom is 0.216 e. The molecule has 0 radical (unpaired) electrons. The topological polar surface area (TPSA) is 91.8 Å². The van der Waals surface area contributed by atoms with Crippen LogP contribution in [-0.2, 0) is 28.9 Å². The van der Waals surface area contributed by atoms with E-state index in [1.807, 2.05) is 62.4 Å². The van der Waals surface area contributed by atoms with Gasteiger partial charge >= 0.3 is 0 Å². The molecule has 7 nitrogen and oxygen atoms in total. The SMILES string of the molecule is CN=C(NCc1cccc(OC)c1)NCc1ccccc1CS(=O)(=O)NC(C)C. The Morgan fingerprint density at radius 2 is 1.72 bits per heavy atom. The molecule has 0 fully saturated rings. The van der Waals surface area contributed by atoms with Crippen molar-refractivity contribution in [1.29, 1.82) is 0 Å². The molecule has 0 amide bonds. The first-order valence-electron chi connectivity index (χ1n) is 9.47. The number of ether oxygens (including phenoxy) is 1. The molecular formula is C21H30N4O3S. The van der Waals surface area contributed by atoms with E-state index in [4.69, 9.17) is 4.74 Å². The molecule has 0 aliphatic heterocycles. The molecule has 2 aromatic carbocycles. The molecule has 0 saturated heterocycles. The third kappa shape index (κ3) is 7.75. The Balaban J connectivity index is 1.99. The van der Waals surface area contributed by atoms with E-state index in [0.717, 1.165) is 22.4 Å². The van der Waals surface area contributed by atoms with Crippen molar-refractivity contribution >= 4 is 16.0 Å². The van der Waals surface area contributed by atoms with Crippen molar-refractivity contribution < 1.29 is 13.2 Å². The second kappa shape index (κ2) is 10.8. The number of hydrogen-bond donors (Lipinski definition) is 3. The van der Waals surface area contributed by atoms with Gasteiger partial charge in [-0.3, -0.25) is 4.99 Å². The van der Waals surface area contributed by atoms with Gasteiger partial charge in [-0.25, -0.2) is 13.1 Å². The molecule has 8 heteroatoms. The minimum atomic E-state index is -3.39. The smallest absolute Gasteiger partial charge is 0.216 e. The van der Waals surface area contributed by atoms with E-state index in [-0.39, 0.29) is 11.8 Å². The molecule has 2 aromatic rings. The fraction of sp³-hybridized carbons (Fsp3) is 0.381. The minimum absolute atomic E-state index is 0.0567. The van der Waals surface area contributed by atoms with Crippen molar-refractivity contribution in [3.8, 4) is 5.75 Å². The average molecular weight is 419 g/mol. The zero-order valence-electron chi connectivity index (χ0n) is 17.4. The number of rotatable bonds is 9. The molecule has 0 saturated carbocycles. The van der Waals surface area contributed by atoms with Crippen molar-refractivity contribution in [1.82, 2.24) is 15.4 Å². The predicted octanol–water partition coefficient (Wildman–Crippen LogP) is 2.39. The van der Waals surface area contributed by atoms with Crippen LogP contribution in [0.3, 0.4) is 0 Å². The highest BCUT2D eigenvalue weighted by molar-refractivity contribution is 7.88. The number of nitrogens with zero attached hydrogens (tertiary/aromatic N) is 1. The maximum atomic E-state index is 12.3. The highest BCUT2D eigenvalue weighted by Crippen LogP contribution is 2.13. The second-order valence-electron chi connectivity index (χ2n) is 6.93. The number of nitrogens with one attached hydrogen (secondary N) is 3. The molecule has 158 valence electrons. The van der Waals surface area contributed by atoms with E-state index in [9.17, 15) is 8.42 Å². The van der Waals surface area contributed by atoms with Crippen LogP contribution < -0.4 is 20.1 Å². The lowest BCUT2D eigenvalue weighted by Crippen LogP contribution is -2.36. The van der Waals surface area contributed by atoms with Gasteiger partial charge in [0.25, 0.3) is 0 Å².